The molecule has 2 aromatic carbocycles. The number of nitrogens with one attached hydrogen (secondary N) is 3. The Bertz CT molecular complexity index is 777. The molecule has 25 heavy (non-hydrogen) atoms. The van der Waals surface area contributed by atoms with Crippen molar-refractivity contribution in [1.29, 1.82) is 0 Å². The van der Waals surface area contributed by atoms with Crippen LogP contribution in [0.15, 0.2) is 42.5 Å². The van der Waals surface area contributed by atoms with Crippen molar-refractivity contribution in [3.05, 3.63) is 64.2 Å². The van der Waals surface area contributed by atoms with Gasteiger partial charge in [0, 0.05) is 16.3 Å². The molecule has 2 rings (SSSR count). The molecular formula is C19H23ClN3O2+. The van der Waals surface area contributed by atoms with Crippen LogP contribution >= 0.6 is 11.6 Å². The number of imide groups is 1. The molecule has 0 aromatic heterocycles. The number of amides is 3. The lowest BCUT2D eigenvalue weighted by Gasteiger charge is -2.14. The summed E-state index contributed by atoms with van der Waals surface area (Å²) in [7, 11) is 1.89. The quantitative estimate of drug-likeness (QED) is 0.766. The lowest BCUT2D eigenvalue weighted by atomic mass is 10.1. The van der Waals surface area contributed by atoms with Crippen LogP contribution in [0, 0.1) is 13.8 Å². The normalized spacial score (nSPS) is 11.7. The molecule has 0 aliphatic rings. The third kappa shape index (κ3) is 6.21. The Hall–Kier alpha value is -2.37. The van der Waals surface area contributed by atoms with Crippen LogP contribution in [0.4, 0.5) is 10.5 Å². The minimum absolute atomic E-state index is 0.187. The van der Waals surface area contributed by atoms with Crippen LogP contribution < -0.4 is 15.5 Å². The fourth-order valence-corrected chi connectivity index (χ4v) is 2.82. The Morgan fingerprint density at radius 2 is 1.88 bits per heavy atom. The van der Waals surface area contributed by atoms with Gasteiger partial charge in [0.2, 0.25) is 0 Å². The summed E-state index contributed by atoms with van der Waals surface area (Å²) in [4.78, 5) is 25.0. The van der Waals surface area contributed by atoms with Gasteiger partial charge in [0.25, 0.3) is 5.91 Å². The van der Waals surface area contributed by atoms with Crippen molar-refractivity contribution in [2.45, 2.75) is 20.4 Å². The van der Waals surface area contributed by atoms with Gasteiger partial charge < -0.3 is 10.2 Å². The largest absolute Gasteiger partial charge is 0.326 e. The summed E-state index contributed by atoms with van der Waals surface area (Å²) in [6.45, 7) is 4.73. The third-order valence-electron chi connectivity index (χ3n) is 3.74. The Morgan fingerprint density at radius 3 is 2.56 bits per heavy atom. The Kier molecular flexibility index (Phi) is 6.56. The van der Waals surface area contributed by atoms with E-state index in [2.05, 4.69) is 10.6 Å². The lowest BCUT2D eigenvalue weighted by molar-refractivity contribution is -0.885. The number of hydrogen-bond donors (Lipinski definition) is 3. The van der Waals surface area contributed by atoms with E-state index in [4.69, 9.17) is 11.6 Å². The molecule has 6 heteroatoms. The first-order chi connectivity index (χ1) is 11.8. The second-order valence-corrected chi connectivity index (χ2v) is 6.70. The Labute approximate surface area is 153 Å². The van der Waals surface area contributed by atoms with E-state index in [0.29, 0.717) is 17.3 Å². The highest BCUT2D eigenvalue weighted by Crippen LogP contribution is 2.15. The van der Waals surface area contributed by atoms with Gasteiger partial charge >= 0.3 is 6.03 Å². The van der Waals surface area contributed by atoms with Crippen LogP contribution in [-0.4, -0.2) is 25.5 Å². The molecular weight excluding hydrogens is 338 g/mol. The molecule has 0 spiro atoms. The van der Waals surface area contributed by atoms with E-state index in [0.717, 1.165) is 21.6 Å². The number of anilines is 1. The summed E-state index contributed by atoms with van der Waals surface area (Å²) in [6.07, 6.45) is 0. The van der Waals surface area contributed by atoms with E-state index in [1.165, 1.54) is 0 Å². The van der Waals surface area contributed by atoms with Gasteiger partial charge in [-0.2, -0.15) is 0 Å². The molecule has 3 N–H and O–H groups in total. The number of likely N-dealkylation sites (N-methyl/N-ethyl adjacent to an activating group) is 1. The predicted octanol–water partition coefficient (Wildman–Crippen LogP) is 2.32. The maximum Gasteiger partial charge on any atom is 0.326 e. The fraction of sp³-hybridized carbons (Fsp3) is 0.263. The van der Waals surface area contributed by atoms with Crippen LogP contribution in [0.3, 0.4) is 0 Å². The van der Waals surface area contributed by atoms with Gasteiger partial charge in [-0.25, -0.2) is 4.79 Å². The molecule has 0 aliphatic carbocycles. The van der Waals surface area contributed by atoms with Crippen molar-refractivity contribution in [1.82, 2.24) is 5.32 Å². The van der Waals surface area contributed by atoms with Crippen LogP contribution in [0.1, 0.15) is 16.7 Å². The maximum absolute atomic E-state index is 12.0. The second kappa shape index (κ2) is 8.65. The third-order valence-corrected chi connectivity index (χ3v) is 3.98. The number of quaternary nitrogens is 1. The minimum Gasteiger partial charge on any atom is -0.326 e. The van der Waals surface area contributed by atoms with Crippen LogP contribution in [0.5, 0.6) is 0 Å². The number of carbonyl (C=O) groups excluding carboxylic acids is 2. The van der Waals surface area contributed by atoms with E-state index >= 15 is 0 Å². The SMILES string of the molecule is Cc1ccc(NC(=O)NC(=O)C[NH+](C)Cc2cccc(Cl)c2)c(C)c1. The molecule has 0 saturated heterocycles. The lowest BCUT2D eigenvalue weighted by Crippen LogP contribution is -3.09. The van der Waals surface area contributed by atoms with Crippen molar-refractivity contribution in [2.24, 2.45) is 0 Å². The van der Waals surface area contributed by atoms with Crippen LogP contribution in [-0.2, 0) is 11.3 Å². The van der Waals surface area contributed by atoms with Crippen molar-refractivity contribution in [2.75, 3.05) is 18.9 Å². The molecule has 0 fully saturated rings. The van der Waals surface area contributed by atoms with E-state index < -0.39 is 6.03 Å². The minimum atomic E-state index is -0.521. The van der Waals surface area contributed by atoms with Crippen LogP contribution in [0.25, 0.3) is 0 Å². The molecule has 0 radical (unpaired) electrons. The number of carbonyl (C=O) groups is 2. The van der Waals surface area contributed by atoms with Gasteiger partial charge in [0.1, 0.15) is 6.54 Å². The maximum atomic E-state index is 12.0. The molecule has 0 bridgehead atoms. The highest BCUT2D eigenvalue weighted by atomic mass is 35.5. The number of rotatable bonds is 5. The van der Waals surface area contributed by atoms with Gasteiger partial charge in [-0.15, -0.1) is 0 Å². The number of benzene rings is 2. The molecule has 0 heterocycles. The zero-order valence-electron chi connectivity index (χ0n) is 14.7. The zero-order chi connectivity index (χ0) is 18.4. The molecule has 132 valence electrons. The molecule has 2 aromatic rings. The Morgan fingerprint density at radius 1 is 1.12 bits per heavy atom. The number of aryl methyl sites for hydroxylation is 2. The van der Waals surface area contributed by atoms with Crippen molar-refractivity contribution < 1.29 is 14.5 Å². The standard InChI is InChI=1S/C19H22ClN3O2/c1-13-7-8-17(14(2)9-13)21-19(25)22-18(24)12-23(3)11-15-5-4-6-16(20)10-15/h4-10H,11-12H2,1-3H3,(H2,21,22,24,25)/p+1. The van der Waals surface area contributed by atoms with Gasteiger partial charge in [0.15, 0.2) is 6.54 Å². The summed E-state index contributed by atoms with van der Waals surface area (Å²) in [5.41, 5.74) is 3.80. The summed E-state index contributed by atoms with van der Waals surface area (Å²) >= 11 is 5.96. The monoisotopic (exact) mass is 360 g/mol. The number of hydrogen-bond acceptors (Lipinski definition) is 2. The first kappa shape index (κ1) is 19.0. The topological polar surface area (TPSA) is 62.6 Å². The fourth-order valence-electron chi connectivity index (χ4n) is 2.61. The predicted molar refractivity (Wildman–Crippen MR) is 100.0 cm³/mol. The number of halogens is 1. The Balaban J connectivity index is 1.83. The highest BCUT2D eigenvalue weighted by molar-refractivity contribution is 6.30. The van der Waals surface area contributed by atoms with Gasteiger partial charge in [0.05, 0.1) is 7.05 Å². The summed E-state index contributed by atoms with van der Waals surface area (Å²) in [6, 6.07) is 12.7. The van der Waals surface area contributed by atoms with Crippen molar-refractivity contribution >= 4 is 29.2 Å². The zero-order valence-corrected chi connectivity index (χ0v) is 15.4. The van der Waals surface area contributed by atoms with E-state index in [1.807, 2.05) is 63.4 Å². The van der Waals surface area contributed by atoms with E-state index in [1.54, 1.807) is 0 Å². The van der Waals surface area contributed by atoms with Crippen molar-refractivity contribution in [3.8, 4) is 0 Å². The number of urea groups is 1. The molecule has 1 atom stereocenters. The first-order valence-corrected chi connectivity index (χ1v) is 8.45. The molecule has 0 saturated carbocycles. The van der Waals surface area contributed by atoms with Gasteiger partial charge in [-0.1, -0.05) is 41.4 Å². The molecule has 3 amide bonds. The van der Waals surface area contributed by atoms with E-state index in [-0.39, 0.29) is 12.5 Å². The first-order valence-electron chi connectivity index (χ1n) is 8.07. The van der Waals surface area contributed by atoms with E-state index in [9.17, 15) is 9.59 Å². The summed E-state index contributed by atoms with van der Waals surface area (Å²) < 4.78 is 0. The summed E-state index contributed by atoms with van der Waals surface area (Å²) in [5.74, 6) is -0.332. The highest BCUT2D eigenvalue weighted by Gasteiger charge is 2.14. The average Bonchev–Trinajstić information content (AvgIpc) is 2.49. The smallest absolute Gasteiger partial charge is 0.326 e. The van der Waals surface area contributed by atoms with Crippen molar-refractivity contribution in [3.63, 3.8) is 0 Å². The second-order valence-electron chi connectivity index (χ2n) is 6.26. The molecule has 0 aliphatic heterocycles. The van der Waals surface area contributed by atoms with Crippen LogP contribution in [0.2, 0.25) is 5.02 Å². The average molecular weight is 361 g/mol. The van der Waals surface area contributed by atoms with Gasteiger partial charge in [-0.3, -0.25) is 10.1 Å². The van der Waals surface area contributed by atoms with Gasteiger partial charge in [-0.05, 0) is 37.6 Å². The molecule has 1 unspecified atom stereocenters. The molecule has 5 nitrogen and oxygen atoms in total. The summed E-state index contributed by atoms with van der Waals surface area (Å²) in [5, 5.41) is 5.73.